The monoisotopic (exact) mass is 422 g/mol. The molecule has 2 aromatic rings. The topological polar surface area (TPSA) is 115 Å². The van der Waals surface area contributed by atoms with Crippen molar-refractivity contribution in [2.24, 2.45) is 11.7 Å². The van der Waals surface area contributed by atoms with Crippen LogP contribution < -0.4 is 15.8 Å². The fourth-order valence-electron chi connectivity index (χ4n) is 4.37. The first kappa shape index (κ1) is 20.8. The fourth-order valence-corrected chi connectivity index (χ4v) is 4.37. The van der Waals surface area contributed by atoms with Crippen molar-refractivity contribution in [3.63, 3.8) is 0 Å². The number of anilines is 1. The number of pyridine rings is 1. The first-order chi connectivity index (χ1) is 14.8. The Morgan fingerprint density at radius 3 is 2.77 bits per heavy atom. The first-order valence-corrected chi connectivity index (χ1v) is 10.5. The molecule has 3 N–H and O–H groups in total. The maximum atomic E-state index is 13.1. The van der Waals surface area contributed by atoms with Gasteiger partial charge in [-0.15, -0.1) is 0 Å². The van der Waals surface area contributed by atoms with Crippen LogP contribution in [0, 0.1) is 5.92 Å². The number of rotatable bonds is 3. The third-order valence-electron chi connectivity index (χ3n) is 5.88. The van der Waals surface area contributed by atoms with E-state index in [-0.39, 0.29) is 29.4 Å². The summed E-state index contributed by atoms with van der Waals surface area (Å²) < 4.78 is 5.79. The van der Waals surface area contributed by atoms with Crippen molar-refractivity contribution >= 4 is 23.5 Å². The number of primary amides is 1. The number of fused-ring (bicyclic) bond motifs is 1. The molecule has 0 bridgehead atoms. The van der Waals surface area contributed by atoms with Crippen LogP contribution in [0.5, 0.6) is 5.75 Å². The van der Waals surface area contributed by atoms with Crippen molar-refractivity contribution in [1.29, 1.82) is 0 Å². The summed E-state index contributed by atoms with van der Waals surface area (Å²) in [5.74, 6) is -1.07. The average Bonchev–Trinajstić information content (AvgIpc) is 3.12. The number of nitrogens with one attached hydrogen (secondary N) is 1. The molecule has 8 heteroatoms. The molecule has 8 nitrogen and oxygen atoms in total. The lowest BCUT2D eigenvalue weighted by molar-refractivity contribution is -0.146. The van der Waals surface area contributed by atoms with Gasteiger partial charge in [0.15, 0.2) is 0 Å². The Kier molecular flexibility index (Phi) is 5.63. The fraction of sp³-hybridized carbons (Fsp3) is 0.391. The molecule has 2 aliphatic heterocycles. The molecule has 0 spiro atoms. The van der Waals surface area contributed by atoms with E-state index in [1.807, 2.05) is 19.1 Å². The SMILES string of the molecule is C[C@H]1CC[C@H](c2ccc3c(c2)C[C@@H](C)O3)N(C(=O)C(=O)Nc2ncccc2C(N)=O)C1. The number of carbonyl (C=O) groups is 3. The molecule has 0 radical (unpaired) electrons. The van der Waals surface area contributed by atoms with Crippen LogP contribution in [0.4, 0.5) is 5.82 Å². The first-order valence-electron chi connectivity index (χ1n) is 10.5. The van der Waals surface area contributed by atoms with Gasteiger partial charge in [0.05, 0.1) is 11.6 Å². The number of nitrogens with zero attached hydrogens (tertiary/aromatic N) is 2. The normalized spacial score (nSPS) is 22.4. The van der Waals surface area contributed by atoms with E-state index in [1.165, 1.54) is 12.3 Å². The van der Waals surface area contributed by atoms with Gasteiger partial charge in [0.1, 0.15) is 17.7 Å². The molecule has 31 heavy (non-hydrogen) atoms. The lowest BCUT2D eigenvalue weighted by atomic mass is 9.89. The molecule has 3 amide bonds. The van der Waals surface area contributed by atoms with Gasteiger partial charge in [-0.05, 0) is 61.1 Å². The van der Waals surface area contributed by atoms with Crippen LogP contribution in [0.2, 0.25) is 0 Å². The van der Waals surface area contributed by atoms with Crippen molar-refractivity contribution in [3.8, 4) is 5.75 Å². The number of piperidine rings is 1. The Labute approximate surface area is 180 Å². The smallest absolute Gasteiger partial charge is 0.315 e. The summed E-state index contributed by atoms with van der Waals surface area (Å²) in [4.78, 5) is 43.1. The van der Waals surface area contributed by atoms with Crippen molar-refractivity contribution < 1.29 is 19.1 Å². The molecule has 0 saturated carbocycles. The minimum atomic E-state index is -0.835. The van der Waals surface area contributed by atoms with Gasteiger partial charge in [-0.25, -0.2) is 4.98 Å². The standard InChI is InChI=1S/C23H26N4O4/c1-13-5-7-18(15-6-8-19-16(11-15)10-14(2)31-19)27(12-13)23(30)22(29)26-21-17(20(24)28)4-3-9-25-21/h3-4,6,8-9,11,13-14,18H,5,7,10,12H2,1-2H3,(H2,24,28)(H,25,26,29)/t13-,14+,18+/m0/s1. The maximum absolute atomic E-state index is 13.1. The number of nitrogens with two attached hydrogens (primary N) is 1. The van der Waals surface area contributed by atoms with E-state index in [9.17, 15) is 14.4 Å². The lowest BCUT2D eigenvalue weighted by Gasteiger charge is -2.38. The van der Waals surface area contributed by atoms with Crippen LogP contribution in [0.25, 0.3) is 0 Å². The predicted octanol–water partition coefficient (Wildman–Crippen LogP) is 2.44. The number of hydrogen-bond donors (Lipinski definition) is 2. The molecule has 1 saturated heterocycles. The summed E-state index contributed by atoms with van der Waals surface area (Å²) in [5.41, 5.74) is 7.52. The minimum absolute atomic E-state index is 0.0152. The molecular formula is C23H26N4O4. The molecule has 1 fully saturated rings. The average molecular weight is 422 g/mol. The van der Waals surface area contributed by atoms with Crippen molar-refractivity contribution in [2.75, 3.05) is 11.9 Å². The predicted molar refractivity (Wildman–Crippen MR) is 114 cm³/mol. The second-order valence-electron chi connectivity index (χ2n) is 8.37. The van der Waals surface area contributed by atoms with E-state index in [1.54, 1.807) is 11.0 Å². The van der Waals surface area contributed by atoms with E-state index >= 15 is 0 Å². The summed E-state index contributed by atoms with van der Waals surface area (Å²) in [6.45, 7) is 4.57. The summed E-state index contributed by atoms with van der Waals surface area (Å²) in [5, 5.41) is 2.46. The Morgan fingerprint density at radius 1 is 1.19 bits per heavy atom. The highest BCUT2D eigenvalue weighted by molar-refractivity contribution is 6.39. The van der Waals surface area contributed by atoms with Gasteiger partial charge in [-0.3, -0.25) is 14.4 Å². The zero-order valence-corrected chi connectivity index (χ0v) is 17.6. The number of ether oxygens (including phenoxy) is 1. The van der Waals surface area contributed by atoms with E-state index in [2.05, 4.69) is 23.3 Å². The Bertz CT molecular complexity index is 1040. The van der Waals surface area contributed by atoms with Crippen LogP contribution in [0.3, 0.4) is 0 Å². The van der Waals surface area contributed by atoms with E-state index in [0.717, 1.165) is 36.1 Å². The summed E-state index contributed by atoms with van der Waals surface area (Å²) >= 11 is 0. The molecule has 2 aliphatic rings. The van der Waals surface area contributed by atoms with Crippen LogP contribution >= 0.6 is 0 Å². The van der Waals surface area contributed by atoms with Crippen LogP contribution in [-0.4, -0.2) is 40.3 Å². The van der Waals surface area contributed by atoms with Crippen molar-refractivity contribution in [2.45, 2.75) is 45.3 Å². The Morgan fingerprint density at radius 2 is 2.00 bits per heavy atom. The zero-order chi connectivity index (χ0) is 22.1. The van der Waals surface area contributed by atoms with Gasteiger partial charge in [-0.1, -0.05) is 13.0 Å². The number of amides is 3. The van der Waals surface area contributed by atoms with Gasteiger partial charge in [-0.2, -0.15) is 0 Å². The second kappa shape index (κ2) is 8.37. The summed E-state index contributed by atoms with van der Waals surface area (Å²) in [6.07, 6.45) is 4.12. The van der Waals surface area contributed by atoms with E-state index in [0.29, 0.717) is 6.54 Å². The Balaban J connectivity index is 1.57. The van der Waals surface area contributed by atoms with Crippen LogP contribution in [-0.2, 0) is 16.0 Å². The van der Waals surface area contributed by atoms with Gasteiger partial charge >= 0.3 is 11.8 Å². The molecular weight excluding hydrogens is 396 g/mol. The van der Waals surface area contributed by atoms with E-state index in [4.69, 9.17) is 10.5 Å². The second-order valence-corrected chi connectivity index (χ2v) is 8.37. The van der Waals surface area contributed by atoms with Crippen molar-refractivity contribution in [3.05, 3.63) is 53.2 Å². The largest absolute Gasteiger partial charge is 0.490 e. The highest BCUT2D eigenvalue weighted by atomic mass is 16.5. The summed E-state index contributed by atoms with van der Waals surface area (Å²) in [7, 11) is 0. The van der Waals surface area contributed by atoms with Crippen molar-refractivity contribution in [1.82, 2.24) is 9.88 Å². The van der Waals surface area contributed by atoms with Gasteiger partial charge in [0.25, 0.3) is 5.91 Å². The van der Waals surface area contributed by atoms with Crippen LogP contribution in [0.15, 0.2) is 36.5 Å². The molecule has 3 atom stereocenters. The lowest BCUT2D eigenvalue weighted by Crippen LogP contribution is -2.46. The molecule has 3 heterocycles. The minimum Gasteiger partial charge on any atom is -0.490 e. The third kappa shape index (κ3) is 4.23. The quantitative estimate of drug-likeness (QED) is 0.738. The molecule has 1 aromatic heterocycles. The molecule has 1 aromatic carbocycles. The van der Waals surface area contributed by atoms with Gasteiger partial charge < -0.3 is 20.7 Å². The van der Waals surface area contributed by atoms with E-state index < -0.39 is 17.7 Å². The zero-order valence-electron chi connectivity index (χ0n) is 17.6. The molecule has 4 rings (SSSR count). The number of aromatic nitrogens is 1. The molecule has 0 unspecified atom stereocenters. The highest BCUT2D eigenvalue weighted by Crippen LogP contribution is 2.37. The molecule has 162 valence electrons. The Hall–Kier alpha value is -3.42. The number of carbonyl (C=O) groups excluding carboxylic acids is 3. The maximum Gasteiger partial charge on any atom is 0.315 e. The van der Waals surface area contributed by atoms with Crippen LogP contribution in [0.1, 0.15) is 54.2 Å². The number of likely N-dealkylation sites (tertiary alicyclic amines) is 1. The van der Waals surface area contributed by atoms with Gasteiger partial charge in [0, 0.05) is 19.2 Å². The summed E-state index contributed by atoms with van der Waals surface area (Å²) in [6, 6.07) is 8.80. The number of benzene rings is 1. The van der Waals surface area contributed by atoms with Gasteiger partial charge in [0.2, 0.25) is 0 Å². The highest BCUT2D eigenvalue weighted by Gasteiger charge is 2.35. The third-order valence-corrected chi connectivity index (χ3v) is 5.88. The molecule has 0 aliphatic carbocycles. The number of hydrogen-bond acceptors (Lipinski definition) is 5.